The maximum Gasteiger partial charge on any atom is 0.243 e. The zero-order valence-corrected chi connectivity index (χ0v) is 19.5. The Morgan fingerprint density at radius 1 is 0.969 bits per heavy atom. The van der Waals surface area contributed by atoms with Gasteiger partial charge in [-0.3, -0.25) is 9.69 Å². The fourth-order valence-electron chi connectivity index (χ4n) is 4.52. The summed E-state index contributed by atoms with van der Waals surface area (Å²) in [5.41, 5.74) is 2.96. The van der Waals surface area contributed by atoms with Crippen molar-refractivity contribution in [1.29, 1.82) is 0 Å². The fraction of sp³-hybridized carbons (Fsp3) is 0.458. The van der Waals surface area contributed by atoms with Crippen molar-refractivity contribution in [2.24, 2.45) is 0 Å². The third-order valence-electron chi connectivity index (χ3n) is 6.11. The number of carbonyl (C=O) groups is 1. The molecule has 2 aromatic rings. The number of nitrogens with one attached hydrogen (secondary N) is 1. The van der Waals surface area contributed by atoms with E-state index < -0.39 is 10.0 Å². The number of hydrogen-bond acceptors (Lipinski definition) is 5. The van der Waals surface area contributed by atoms with Crippen LogP contribution >= 0.6 is 0 Å². The van der Waals surface area contributed by atoms with Gasteiger partial charge in [0.25, 0.3) is 0 Å². The lowest BCUT2D eigenvalue weighted by Gasteiger charge is -2.24. The van der Waals surface area contributed by atoms with E-state index in [1.807, 2.05) is 18.0 Å². The number of amides is 1. The number of nitrogens with zero attached hydrogens (tertiary/aromatic N) is 3. The minimum Gasteiger partial charge on any atom is -0.371 e. The number of likely N-dealkylation sites (N-methyl/N-ethyl adjacent to an activating group) is 1. The zero-order chi connectivity index (χ0) is 22.6. The number of para-hydroxylation sites is 1. The molecule has 0 radical (unpaired) electrons. The summed E-state index contributed by atoms with van der Waals surface area (Å²) in [4.78, 5) is 17.3. The van der Waals surface area contributed by atoms with Crippen molar-refractivity contribution < 1.29 is 13.2 Å². The summed E-state index contributed by atoms with van der Waals surface area (Å²) in [6, 6.07) is 14.9. The lowest BCUT2D eigenvalue weighted by atomic mass is 10.1. The molecular weight excluding hydrogens is 424 g/mol. The average Bonchev–Trinajstić information content (AvgIpc) is 3.49. The lowest BCUT2D eigenvalue weighted by Crippen LogP contribution is -2.31. The van der Waals surface area contributed by atoms with Crippen molar-refractivity contribution in [3.8, 4) is 0 Å². The first kappa shape index (κ1) is 22.8. The molecule has 0 aromatic heterocycles. The lowest BCUT2D eigenvalue weighted by molar-refractivity contribution is -0.117. The largest absolute Gasteiger partial charge is 0.371 e. The van der Waals surface area contributed by atoms with Gasteiger partial charge in [-0.1, -0.05) is 24.3 Å². The highest BCUT2D eigenvalue weighted by molar-refractivity contribution is 7.89. The van der Waals surface area contributed by atoms with Crippen molar-refractivity contribution >= 4 is 27.3 Å². The maximum atomic E-state index is 12.8. The Morgan fingerprint density at radius 2 is 1.66 bits per heavy atom. The number of hydrogen-bond donors (Lipinski definition) is 1. The Bertz CT molecular complexity index is 1040. The molecule has 8 heteroatoms. The van der Waals surface area contributed by atoms with Gasteiger partial charge < -0.3 is 10.2 Å². The highest BCUT2D eigenvalue weighted by atomic mass is 32.2. The molecule has 2 aliphatic heterocycles. The van der Waals surface area contributed by atoms with Crippen molar-refractivity contribution in [2.75, 3.05) is 50.0 Å². The molecule has 0 saturated carbocycles. The summed E-state index contributed by atoms with van der Waals surface area (Å²) in [6.45, 7) is 4.17. The first-order valence-corrected chi connectivity index (χ1v) is 12.8. The number of sulfonamides is 1. The number of benzene rings is 2. The molecule has 0 aliphatic carbocycles. The van der Waals surface area contributed by atoms with Gasteiger partial charge >= 0.3 is 0 Å². The minimum absolute atomic E-state index is 0.165. The summed E-state index contributed by atoms with van der Waals surface area (Å²) in [5, 5.41) is 2.86. The average molecular weight is 457 g/mol. The van der Waals surface area contributed by atoms with Gasteiger partial charge in [-0.2, -0.15) is 4.31 Å². The molecular formula is C24H32N4O3S. The Hall–Kier alpha value is -2.42. The van der Waals surface area contributed by atoms with Crippen LogP contribution in [0.25, 0.3) is 0 Å². The summed E-state index contributed by atoms with van der Waals surface area (Å²) in [5.74, 6) is -0.165. The molecule has 0 spiro atoms. The molecule has 2 aliphatic rings. The van der Waals surface area contributed by atoms with Crippen LogP contribution in [-0.4, -0.2) is 63.3 Å². The maximum absolute atomic E-state index is 12.8. The Labute approximate surface area is 191 Å². The predicted octanol–water partition coefficient (Wildman–Crippen LogP) is 3.14. The molecule has 2 saturated heterocycles. The van der Waals surface area contributed by atoms with Gasteiger partial charge in [0.15, 0.2) is 0 Å². The van der Waals surface area contributed by atoms with E-state index >= 15 is 0 Å². The van der Waals surface area contributed by atoms with Crippen molar-refractivity contribution in [2.45, 2.75) is 37.1 Å². The van der Waals surface area contributed by atoms with Crippen LogP contribution in [0.2, 0.25) is 0 Å². The van der Waals surface area contributed by atoms with E-state index in [4.69, 9.17) is 0 Å². The van der Waals surface area contributed by atoms with Crippen molar-refractivity contribution in [3.05, 3.63) is 54.1 Å². The molecule has 172 valence electrons. The molecule has 1 N–H and O–H groups in total. The summed E-state index contributed by atoms with van der Waals surface area (Å²) < 4.78 is 27.1. The Kier molecular flexibility index (Phi) is 7.13. The third kappa shape index (κ3) is 5.31. The summed E-state index contributed by atoms with van der Waals surface area (Å²) in [7, 11) is -1.58. The normalized spacial score (nSPS) is 17.2. The van der Waals surface area contributed by atoms with Gasteiger partial charge in [0.2, 0.25) is 15.9 Å². The second kappa shape index (κ2) is 10.0. The van der Waals surface area contributed by atoms with Crippen LogP contribution in [-0.2, 0) is 21.4 Å². The van der Waals surface area contributed by atoms with E-state index in [-0.39, 0.29) is 17.3 Å². The van der Waals surface area contributed by atoms with Crippen LogP contribution in [0.4, 0.5) is 11.4 Å². The molecule has 0 bridgehead atoms. The predicted molar refractivity (Wildman–Crippen MR) is 127 cm³/mol. The Morgan fingerprint density at radius 3 is 2.41 bits per heavy atom. The molecule has 4 rings (SSSR count). The monoisotopic (exact) mass is 456 g/mol. The van der Waals surface area contributed by atoms with Gasteiger partial charge in [0.1, 0.15) is 0 Å². The second-order valence-electron chi connectivity index (χ2n) is 8.68. The van der Waals surface area contributed by atoms with Crippen LogP contribution in [0.3, 0.4) is 0 Å². The van der Waals surface area contributed by atoms with E-state index in [1.54, 1.807) is 24.3 Å². The van der Waals surface area contributed by atoms with Gasteiger partial charge in [-0.25, -0.2) is 8.42 Å². The van der Waals surface area contributed by atoms with Crippen molar-refractivity contribution in [3.63, 3.8) is 0 Å². The molecule has 2 aromatic carbocycles. The van der Waals surface area contributed by atoms with Crippen molar-refractivity contribution in [1.82, 2.24) is 9.21 Å². The molecule has 2 heterocycles. The number of rotatable bonds is 8. The quantitative estimate of drug-likeness (QED) is 0.661. The molecule has 0 unspecified atom stereocenters. The standard InChI is InChI=1S/C24H32N4O3S/c1-26(18-20-9-2-3-12-23(20)27-13-4-5-14-27)19-24(29)25-21-10-8-11-22(17-21)32(30,31)28-15-6-7-16-28/h2-3,8-12,17H,4-7,13-16,18-19H2,1H3,(H,25,29). The Balaban J connectivity index is 1.37. The highest BCUT2D eigenvalue weighted by Crippen LogP contribution is 2.26. The molecule has 1 amide bonds. The van der Waals surface area contributed by atoms with E-state index in [0.29, 0.717) is 25.3 Å². The first-order valence-electron chi connectivity index (χ1n) is 11.3. The van der Waals surface area contributed by atoms with E-state index in [9.17, 15) is 13.2 Å². The molecule has 7 nitrogen and oxygen atoms in total. The third-order valence-corrected chi connectivity index (χ3v) is 8.01. The van der Waals surface area contributed by atoms with E-state index in [0.717, 1.165) is 25.9 Å². The summed E-state index contributed by atoms with van der Waals surface area (Å²) in [6.07, 6.45) is 4.23. The zero-order valence-electron chi connectivity index (χ0n) is 18.7. The number of anilines is 2. The van der Waals surface area contributed by atoms with Crippen LogP contribution in [0, 0.1) is 0 Å². The first-order chi connectivity index (χ1) is 15.4. The van der Waals surface area contributed by atoms with Gasteiger partial charge in [-0.15, -0.1) is 0 Å². The van der Waals surface area contributed by atoms with Crippen LogP contribution in [0.5, 0.6) is 0 Å². The van der Waals surface area contributed by atoms with Gasteiger partial charge in [0, 0.05) is 44.1 Å². The van der Waals surface area contributed by atoms with Gasteiger partial charge in [0.05, 0.1) is 11.4 Å². The second-order valence-corrected chi connectivity index (χ2v) is 10.6. The SMILES string of the molecule is CN(CC(=O)Nc1cccc(S(=O)(=O)N2CCCC2)c1)Cc1ccccc1N1CCCC1. The van der Waals surface area contributed by atoms with E-state index in [2.05, 4.69) is 28.4 Å². The molecule has 2 fully saturated rings. The van der Waals surface area contributed by atoms with Crippen LogP contribution < -0.4 is 10.2 Å². The molecule has 0 atom stereocenters. The highest BCUT2D eigenvalue weighted by Gasteiger charge is 2.27. The topological polar surface area (TPSA) is 73.0 Å². The van der Waals surface area contributed by atoms with Crippen LogP contribution in [0.15, 0.2) is 53.4 Å². The minimum atomic E-state index is -3.51. The van der Waals surface area contributed by atoms with E-state index in [1.165, 1.54) is 28.4 Å². The van der Waals surface area contributed by atoms with Crippen LogP contribution in [0.1, 0.15) is 31.2 Å². The summed E-state index contributed by atoms with van der Waals surface area (Å²) >= 11 is 0. The molecule has 32 heavy (non-hydrogen) atoms. The number of carbonyl (C=O) groups excluding carboxylic acids is 1. The van der Waals surface area contributed by atoms with Gasteiger partial charge in [-0.05, 0) is 62.6 Å². The smallest absolute Gasteiger partial charge is 0.243 e. The fourth-order valence-corrected chi connectivity index (χ4v) is 6.08.